The lowest BCUT2D eigenvalue weighted by atomic mass is 9.97. The third-order valence-corrected chi connectivity index (χ3v) is 8.84. The predicted molar refractivity (Wildman–Crippen MR) is 193 cm³/mol. The maximum atomic E-state index is 13.6. The molecule has 48 heavy (non-hydrogen) atoms. The lowest BCUT2D eigenvalue weighted by molar-refractivity contribution is -0.121. The molecule has 0 aliphatic heterocycles. The number of aromatic nitrogens is 2. The number of benzene rings is 4. The van der Waals surface area contributed by atoms with Crippen LogP contribution in [-0.4, -0.2) is 38.1 Å². The van der Waals surface area contributed by atoms with Crippen molar-refractivity contribution >= 4 is 45.4 Å². The summed E-state index contributed by atoms with van der Waals surface area (Å²) < 4.78 is 1.96. The number of thiocarbonyl (C=S) groups is 1. The zero-order valence-corrected chi connectivity index (χ0v) is 27.8. The number of nitrogens with zero attached hydrogens (tertiary/aromatic N) is 7. The van der Waals surface area contributed by atoms with Crippen molar-refractivity contribution in [3.05, 3.63) is 136 Å². The third-order valence-electron chi connectivity index (χ3n) is 8.48. The van der Waals surface area contributed by atoms with Gasteiger partial charge in [0.15, 0.2) is 5.11 Å². The highest BCUT2D eigenvalue weighted by Crippen LogP contribution is 2.23. The average Bonchev–Trinajstić information content (AvgIpc) is 3.54. The van der Waals surface area contributed by atoms with Gasteiger partial charge in [0.05, 0.1) is 24.4 Å². The van der Waals surface area contributed by atoms with Crippen LogP contribution in [0.15, 0.2) is 109 Å². The summed E-state index contributed by atoms with van der Waals surface area (Å²) in [6.45, 7) is 5.82. The molecule has 2 N–H and O–H groups in total. The Kier molecular flexibility index (Phi) is 11.4. The van der Waals surface area contributed by atoms with Gasteiger partial charge >= 0.3 is 0 Å². The van der Waals surface area contributed by atoms with E-state index in [1.807, 2.05) is 41.0 Å². The molecule has 5 rings (SSSR count). The highest BCUT2D eigenvalue weighted by molar-refractivity contribution is 7.80. The van der Waals surface area contributed by atoms with Crippen LogP contribution in [0.2, 0.25) is 0 Å². The predicted octanol–water partition coefficient (Wildman–Crippen LogP) is 7.87. The smallest absolute Gasteiger partial charge is 0.226 e. The highest BCUT2D eigenvalue weighted by atomic mass is 32.1. The van der Waals surface area contributed by atoms with E-state index in [1.54, 1.807) is 36.8 Å². The summed E-state index contributed by atoms with van der Waals surface area (Å²) in [5.74, 6) is 0.0676. The molecule has 0 aliphatic carbocycles. The SMILES string of the molecule is CC[C@H](C)[C@@H](CN(Cc1cccc2ccccc12)C(=S)Nc1ccc(N=[N+]=[N-])cc1)NC(=O)Cc1cncn1Cc1ccc(C#N)cc1. The molecular formula is C37H37N9OS. The van der Waals surface area contributed by atoms with Gasteiger partial charge in [-0.2, -0.15) is 5.26 Å². The number of azide groups is 1. The Labute approximate surface area is 285 Å². The van der Waals surface area contributed by atoms with Crippen molar-refractivity contribution in [2.45, 2.75) is 45.8 Å². The van der Waals surface area contributed by atoms with Gasteiger partial charge in [-0.1, -0.05) is 92.1 Å². The topological polar surface area (TPSA) is 135 Å². The second kappa shape index (κ2) is 16.2. The molecule has 0 fully saturated rings. The molecule has 0 spiro atoms. The number of nitrogens with one attached hydrogen (secondary N) is 2. The number of carbonyl (C=O) groups excluding carboxylic acids is 1. The van der Waals surface area contributed by atoms with Gasteiger partial charge in [0.2, 0.25) is 5.91 Å². The fraction of sp³-hybridized carbons (Fsp3) is 0.243. The molecule has 1 amide bonds. The van der Waals surface area contributed by atoms with E-state index in [0.717, 1.165) is 39.7 Å². The first-order valence-electron chi connectivity index (χ1n) is 15.8. The van der Waals surface area contributed by atoms with Crippen molar-refractivity contribution in [3.63, 3.8) is 0 Å². The number of nitriles is 1. The van der Waals surface area contributed by atoms with Crippen molar-refractivity contribution in [1.29, 1.82) is 5.26 Å². The van der Waals surface area contributed by atoms with Crippen molar-refractivity contribution in [2.24, 2.45) is 11.0 Å². The van der Waals surface area contributed by atoms with Crippen molar-refractivity contribution in [2.75, 3.05) is 11.9 Å². The molecule has 2 atom stereocenters. The van der Waals surface area contributed by atoms with Crippen LogP contribution in [0.1, 0.15) is 42.7 Å². The summed E-state index contributed by atoms with van der Waals surface area (Å²) in [6.07, 6.45) is 4.49. The molecule has 0 saturated carbocycles. The number of anilines is 1. The number of imidazole rings is 1. The lowest BCUT2D eigenvalue weighted by Gasteiger charge is -2.33. The van der Waals surface area contributed by atoms with Crippen LogP contribution in [-0.2, 0) is 24.3 Å². The molecule has 0 saturated heterocycles. The summed E-state index contributed by atoms with van der Waals surface area (Å²) >= 11 is 6.00. The Balaban J connectivity index is 1.35. The van der Waals surface area contributed by atoms with Gasteiger partial charge in [0.25, 0.3) is 0 Å². The normalized spacial score (nSPS) is 11.9. The average molecular weight is 656 g/mol. The lowest BCUT2D eigenvalue weighted by Crippen LogP contribution is -2.50. The summed E-state index contributed by atoms with van der Waals surface area (Å²) in [4.78, 5) is 22.9. The van der Waals surface area contributed by atoms with Crippen LogP contribution in [0.25, 0.3) is 21.2 Å². The maximum Gasteiger partial charge on any atom is 0.226 e. The first kappa shape index (κ1) is 33.7. The second-order valence-electron chi connectivity index (χ2n) is 11.7. The van der Waals surface area contributed by atoms with Crippen molar-refractivity contribution < 1.29 is 4.79 Å². The molecule has 10 nitrogen and oxygen atoms in total. The van der Waals surface area contributed by atoms with Crippen LogP contribution in [0.3, 0.4) is 0 Å². The fourth-order valence-electron chi connectivity index (χ4n) is 5.55. The first-order valence-corrected chi connectivity index (χ1v) is 16.2. The van der Waals surface area contributed by atoms with Gasteiger partial charge in [-0.15, -0.1) is 0 Å². The summed E-state index contributed by atoms with van der Waals surface area (Å²) in [5, 5.41) is 22.2. The molecule has 0 aliphatic rings. The minimum Gasteiger partial charge on any atom is -0.351 e. The van der Waals surface area contributed by atoms with Crippen LogP contribution in [0.4, 0.5) is 11.4 Å². The van der Waals surface area contributed by atoms with Gasteiger partial charge < -0.3 is 20.1 Å². The molecule has 0 bridgehead atoms. The molecule has 4 aromatic carbocycles. The van der Waals surface area contributed by atoms with E-state index in [0.29, 0.717) is 36.0 Å². The summed E-state index contributed by atoms with van der Waals surface area (Å²) in [7, 11) is 0. The molecule has 1 heterocycles. The van der Waals surface area contributed by atoms with E-state index >= 15 is 0 Å². The summed E-state index contributed by atoms with van der Waals surface area (Å²) in [6, 6.07) is 31.0. The monoisotopic (exact) mass is 655 g/mol. The Morgan fingerprint density at radius 3 is 2.56 bits per heavy atom. The van der Waals surface area contributed by atoms with Gasteiger partial charge in [0, 0.05) is 53.9 Å². The number of rotatable bonds is 13. The van der Waals surface area contributed by atoms with E-state index < -0.39 is 0 Å². The highest BCUT2D eigenvalue weighted by Gasteiger charge is 2.24. The summed E-state index contributed by atoms with van der Waals surface area (Å²) in [5.41, 5.74) is 13.6. The zero-order valence-electron chi connectivity index (χ0n) is 27.0. The molecule has 242 valence electrons. The van der Waals surface area contributed by atoms with Crippen molar-refractivity contribution in [1.82, 2.24) is 19.8 Å². The van der Waals surface area contributed by atoms with E-state index in [4.69, 9.17) is 23.0 Å². The second-order valence-corrected chi connectivity index (χ2v) is 12.1. The van der Waals surface area contributed by atoms with Gasteiger partial charge in [-0.05, 0) is 69.8 Å². The van der Waals surface area contributed by atoms with Gasteiger partial charge in [-0.3, -0.25) is 4.79 Å². The number of hydrogen-bond acceptors (Lipinski definition) is 5. The fourth-order valence-corrected chi connectivity index (χ4v) is 5.81. The number of amides is 1. The largest absolute Gasteiger partial charge is 0.351 e. The Bertz CT molecular complexity index is 1950. The molecule has 5 aromatic rings. The Morgan fingerprint density at radius 2 is 1.83 bits per heavy atom. The van der Waals surface area contributed by atoms with Crippen LogP contribution >= 0.6 is 12.2 Å². The Morgan fingerprint density at radius 1 is 1.08 bits per heavy atom. The van der Waals surface area contributed by atoms with Gasteiger partial charge in [0.1, 0.15) is 0 Å². The maximum absolute atomic E-state index is 13.6. The zero-order chi connectivity index (χ0) is 33.9. The number of fused-ring (bicyclic) bond motifs is 1. The first-order chi connectivity index (χ1) is 23.4. The van der Waals surface area contributed by atoms with E-state index in [1.165, 1.54) is 0 Å². The third kappa shape index (κ3) is 8.76. The van der Waals surface area contributed by atoms with Gasteiger partial charge in [-0.25, -0.2) is 4.98 Å². The van der Waals surface area contributed by atoms with E-state index in [2.05, 4.69) is 80.8 Å². The molecular weight excluding hydrogens is 619 g/mol. The number of hydrogen-bond donors (Lipinski definition) is 2. The molecule has 11 heteroatoms. The Hall–Kier alpha value is -5.69. The van der Waals surface area contributed by atoms with Crippen LogP contribution < -0.4 is 10.6 Å². The van der Waals surface area contributed by atoms with Crippen LogP contribution in [0.5, 0.6) is 0 Å². The standard InChI is InChI=1S/C37H37N9OS/c1-3-26(2)35(42-36(47)19-33-21-40-25-46(33)22-28-13-11-27(20-38)12-14-28)24-45(23-30-9-6-8-29-7-4-5-10-34(29)30)37(48)41-31-15-17-32(18-16-31)43-44-39/h4-18,21,25-26,35H,3,19,22-24H2,1-2H3,(H,41,48)(H,42,47)/t26-,35+/m0/s1. The van der Waals surface area contributed by atoms with Crippen LogP contribution in [0, 0.1) is 17.2 Å². The van der Waals surface area contributed by atoms with Crippen molar-refractivity contribution in [3.8, 4) is 6.07 Å². The molecule has 1 aromatic heterocycles. The quantitative estimate of drug-likeness (QED) is 0.0574. The van der Waals surface area contributed by atoms with E-state index in [-0.39, 0.29) is 24.3 Å². The van der Waals surface area contributed by atoms with E-state index in [9.17, 15) is 4.79 Å². The molecule has 0 unspecified atom stereocenters. The number of carbonyl (C=O) groups is 1. The minimum absolute atomic E-state index is 0.0977. The minimum atomic E-state index is -0.195. The molecule has 0 radical (unpaired) electrons.